The van der Waals surface area contributed by atoms with Crippen LogP contribution in [0.25, 0.3) is 0 Å². The van der Waals surface area contributed by atoms with Gasteiger partial charge >= 0.3 is 5.97 Å². The number of carboxylic acids is 1. The summed E-state index contributed by atoms with van der Waals surface area (Å²) in [4.78, 5) is 11.4. The molecule has 3 nitrogen and oxygen atoms in total. The van der Waals surface area contributed by atoms with Gasteiger partial charge < -0.3 is 10.4 Å². The van der Waals surface area contributed by atoms with Gasteiger partial charge in [0.05, 0.1) is 5.92 Å². The Kier molecular flexibility index (Phi) is 4.02. The van der Waals surface area contributed by atoms with Gasteiger partial charge in [0.1, 0.15) is 0 Å². The fraction of sp³-hybridized carbons (Fsp3) is 0.462. The first-order valence-electron chi connectivity index (χ1n) is 5.90. The van der Waals surface area contributed by atoms with Crippen LogP contribution in [-0.2, 0) is 4.79 Å². The van der Waals surface area contributed by atoms with Crippen LogP contribution in [0.1, 0.15) is 30.7 Å². The summed E-state index contributed by atoms with van der Waals surface area (Å²) in [6, 6.07) is 7.16. The van der Waals surface area contributed by atoms with E-state index in [1.807, 2.05) is 6.07 Å². The Morgan fingerprint density at radius 3 is 2.88 bits per heavy atom. The maximum absolute atomic E-state index is 11.4. The molecule has 1 saturated heterocycles. The molecule has 17 heavy (non-hydrogen) atoms. The zero-order valence-electron chi connectivity index (χ0n) is 9.53. The van der Waals surface area contributed by atoms with Gasteiger partial charge in [-0.3, -0.25) is 4.79 Å². The summed E-state index contributed by atoms with van der Waals surface area (Å²) in [5.74, 6) is -1.29. The average molecular weight is 254 g/mol. The molecule has 2 atom stereocenters. The first kappa shape index (κ1) is 12.4. The number of carboxylic acid groups (broad SMARTS) is 1. The molecule has 2 N–H and O–H groups in total. The summed E-state index contributed by atoms with van der Waals surface area (Å²) in [5, 5.41) is 13.3. The fourth-order valence-corrected chi connectivity index (χ4v) is 2.61. The van der Waals surface area contributed by atoms with Crippen molar-refractivity contribution in [2.24, 2.45) is 0 Å². The molecule has 0 spiro atoms. The molecule has 0 aromatic heterocycles. The van der Waals surface area contributed by atoms with E-state index in [9.17, 15) is 9.90 Å². The summed E-state index contributed by atoms with van der Waals surface area (Å²) in [6.07, 6.45) is 3.11. The number of carbonyl (C=O) groups is 1. The summed E-state index contributed by atoms with van der Waals surface area (Å²) < 4.78 is 0. The lowest BCUT2D eigenvalue weighted by Crippen LogP contribution is -2.41. The highest BCUT2D eigenvalue weighted by atomic mass is 35.5. The summed E-state index contributed by atoms with van der Waals surface area (Å²) in [6.45, 7) is 0.898. The Hall–Kier alpha value is -1.06. The van der Waals surface area contributed by atoms with E-state index in [0.717, 1.165) is 31.4 Å². The number of halogens is 1. The van der Waals surface area contributed by atoms with Crippen molar-refractivity contribution in [3.8, 4) is 0 Å². The molecule has 0 aliphatic carbocycles. The minimum Gasteiger partial charge on any atom is -0.481 e. The maximum atomic E-state index is 11.4. The van der Waals surface area contributed by atoms with Crippen LogP contribution < -0.4 is 5.32 Å². The van der Waals surface area contributed by atoms with E-state index in [1.165, 1.54) is 0 Å². The van der Waals surface area contributed by atoms with Crippen LogP contribution in [0.2, 0.25) is 5.02 Å². The SMILES string of the molecule is O=C(O)[C@@H](c1cccc(Cl)c1)[C@@H]1CCCCN1. The van der Waals surface area contributed by atoms with E-state index in [2.05, 4.69) is 5.32 Å². The van der Waals surface area contributed by atoms with Crippen LogP contribution in [0.4, 0.5) is 0 Å². The van der Waals surface area contributed by atoms with Gasteiger partial charge in [-0.15, -0.1) is 0 Å². The monoisotopic (exact) mass is 253 g/mol. The van der Waals surface area contributed by atoms with Gasteiger partial charge in [-0.1, -0.05) is 30.2 Å². The highest BCUT2D eigenvalue weighted by Gasteiger charge is 2.30. The second-order valence-corrected chi connectivity index (χ2v) is 4.86. The van der Waals surface area contributed by atoms with Crippen molar-refractivity contribution < 1.29 is 9.90 Å². The van der Waals surface area contributed by atoms with Crippen molar-refractivity contribution in [2.45, 2.75) is 31.2 Å². The number of benzene rings is 1. The molecule has 0 unspecified atom stereocenters. The number of aliphatic carboxylic acids is 1. The molecule has 1 aromatic rings. The van der Waals surface area contributed by atoms with Crippen LogP contribution in [0.3, 0.4) is 0 Å². The number of piperidine rings is 1. The first-order chi connectivity index (χ1) is 8.18. The van der Waals surface area contributed by atoms with Gasteiger partial charge in [0, 0.05) is 11.1 Å². The fourth-order valence-electron chi connectivity index (χ4n) is 2.41. The molecule has 0 saturated carbocycles. The zero-order valence-corrected chi connectivity index (χ0v) is 10.3. The highest BCUT2D eigenvalue weighted by Crippen LogP contribution is 2.27. The largest absolute Gasteiger partial charge is 0.481 e. The molecular formula is C13H16ClNO2. The Labute approximate surface area is 106 Å². The number of hydrogen-bond acceptors (Lipinski definition) is 2. The molecule has 0 bridgehead atoms. The van der Waals surface area contributed by atoms with Crippen molar-refractivity contribution in [1.29, 1.82) is 0 Å². The number of rotatable bonds is 3. The molecule has 92 valence electrons. The zero-order chi connectivity index (χ0) is 12.3. The van der Waals surface area contributed by atoms with Gasteiger partial charge in [0.15, 0.2) is 0 Å². The van der Waals surface area contributed by atoms with Crippen molar-refractivity contribution >= 4 is 17.6 Å². The predicted molar refractivity (Wildman–Crippen MR) is 67.5 cm³/mol. The van der Waals surface area contributed by atoms with Gasteiger partial charge in [0.2, 0.25) is 0 Å². The third kappa shape index (κ3) is 2.99. The smallest absolute Gasteiger partial charge is 0.312 e. The minimum absolute atomic E-state index is 0.0136. The van der Waals surface area contributed by atoms with Crippen LogP contribution in [0, 0.1) is 0 Å². The van der Waals surface area contributed by atoms with Gasteiger partial charge in [-0.2, -0.15) is 0 Å². The summed E-state index contributed by atoms with van der Waals surface area (Å²) in [7, 11) is 0. The second kappa shape index (κ2) is 5.52. The van der Waals surface area contributed by atoms with E-state index in [4.69, 9.17) is 11.6 Å². The van der Waals surface area contributed by atoms with Crippen molar-refractivity contribution in [3.63, 3.8) is 0 Å². The third-order valence-electron chi connectivity index (χ3n) is 3.22. The van der Waals surface area contributed by atoms with Gasteiger partial charge in [-0.25, -0.2) is 0 Å². The molecule has 1 heterocycles. The van der Waals surface area contributed by atoms with E-state index in [1.54, 1.807) is 18.2 Å². The maximum Gasteiger partial charge on any atom is 0.312 e. The Balaban J connectivity index is 2.25. The molecule has 1 aliphatic heterocycles. The van der Waals surface area contributed by atoms with Crippen molar-refractivity contribution in [3.05, 3.63) is 34.9 Å². The van der Waals surface area contributed by atoms with Crippen LogP contribution in [-0.4, -0.2) is 23.7 Å². The molecule has 1 aliphatic rings. The molecular weight excluding hydrogens is 238 g/mol. The Morgan fingerprint density at radius 1 is 1.47 bits per heavy atom. The lowest BCUT2D eigenvalue weighted by atomic mass is 9.86. The normalized spacial score (nSPS) is 22.1. The van der Waals surface area contributed by atoms with E-state index in [-0.39, 0.29) is 6.04 Å². The molecule has 1 aromatic carbocycles. The summed E-state index contributed by atoms with van der Waals surface area (Å²) in [5.41, 5.74) is 0.782. The number of hydrogen-bond donors (Lipinski definition) is 2. The van der Waals surface area contributed by atoms with E-state index < -0.39 is 11.9 Å². The second-order valence-electron chi connectivity index (χ2n) is 4.43. The Morgan fingerprint density at radius 2 is 2.29 bits per heavy atom. The highest BCUT2D eigenvalue weighted by molar-refractivity contribution is 6.30. The van der Waals surface area contributed by atoms with Crippen LogP contribution >= 0.6 is 11.6 Å². The average Bonchev–Trinajstić information content (AvgIpc) is 2.30. The van der Waals surface area contributed by atoms with Crippen molar-refractivity contribution in [1.82, 2.24) is 5.32 Å². The lowest BCUT2D eigenvalue weighted by molar-refractivity contribution is -0.139. The minimum atomic E-state index is -0.785. The van der Waals surface area contributed by atoms with E-state index in [0.29, 0.717) is 5.02 Å². The predicted octanol–water partition coefficient (Wildman–Crippen LogP) is 2.65. The Bertz CT molecular complexity index is 402. The third-order valence-corrected chi connectivity index (χ3v) is 3.46. The van der Waals surface area contributed by atoms with Crippen LogP contribution in [0.5, 0.6) is 0 Å². The first-order valence-corrected chi connectivity index (χ1v) is 6.28. The molecule has 0 radical (unpaired) electrons. The van der Waals surface area contributed by atoms with E-state index >= 15 is 0 Å². The molecule has 4 heteroatoms. The molecule has 2 rings (SSSR count). The van der Waals surface area contributed by atoms with Crippen molar-refractivity contribution in [2.75, 3.05) is 6.54 Å². The quantitative estimate of drug-likeness (QED) is 0.871. The molecule has 0 amide bonds. The standard InChI is InChI=1S/C13H16ClNO2/c14-10-5-3-4-9(8-10)12(13(16)17)11-6-1-2-7-15-11/h3-5,8,11-12,15H,1-2,6-7H2,(H,16,17)/t11-,12-/m0/s1. The number of nitrogens with one attached hydrogen (secondary N) is 1. The van der Waals surface area contributed by atoms with Gasteiger partial charge in [0.25, 0.3) is 0 Å². The van der Waals surface area contributed by atoms with Gasteiger partial charge in [-0.05, 0) is 37.1 Å². The lowest BCUT2D eigenvalue weighted by Gasteiger charge is -2.29. The molecule has 1 fully saturated rings. The van der Waals surface area contributed by atoms with Crippen LogP contribution in [0.15, 0.2) is 24.3 Å². The topological polar surface area (TPSA) is 49.3 Å². The summed E-state index contributed by atoms with van der Waals surface area (Å²) >= 11 is 5.92.